The van der Waals surface area contributed by atoms with Gasteiger partial charge in [-0.05, 0) is 50.4 Å². The van der Waals surface area contributed by atoms with Gasteiger partial charge < -0.3 is 15.4 Å². The molecule has 0 saturated carbocycles. The van der Waals surface area contributed by atoms with Crippen LogP contribution in [-0.2, 0) is 24.2 Å². The molecule has 0 unspecified atom stereocenters. The molecular formula is C15H22N2O2. The van der Waals surface area contributed by atoms with Gasteiger partial charge in [0.15, 0.2) is 0 Å². The normalized spacial score (nSPS) is 14.7. The quantitative estimate of drug-likeness (QED) is 0.860. The third-order valence-electron chi connectivity index (χ3n) is 2.99. The summed E-state index contributed by atoms with van der Waals surface area (Å²) in [6, 6.07) is 6.38. The predicted octanol–water partition coefficient (Wildman–Crippen LogP) is 2.36. The van der Waals surface area contributed by atoms with E-state index in [2.05, 4.69) is 28.8 Å². The number of alkyl carbamates (subject to hydrolysis) is 1. The van der Waals surface area contributed by atoms with E-state index in [1.54, 1.807) is 0 Å². The number of amides is 1. The van der Waals surface area contributed by atoms with Crippen LogP contribution in [0.1, 0.15) is 37.5 Å². The average molecular weight is 262 g/mol. The third kappa shape index (κ3) is 4.24. The van der Waals surface area contributed by atoms with Crippen molar-refractivity contribution in [2.24, 2.45) is 0 Å². The van der Waals surface area contributed by atoms with Gasteiger partial charge in [0.05, 0.1) is 0 Å². The molecular weight excluding hydrogens is 240 g/mol. The largest absolute Gasteiger partial charge is 0.444 e. The second-order valence-electron chi connectivity index (χ2n) is 5.89. The van der Waals surface area contributed by atoms with Crippen LogP contribution in [-0.4, -0.2) is 18.2 Å². The lowest BCUT2D eigenvalue weighted by atomic mass is 9.98. The van der Waals surface area contributed by atoms with E-state index >= 15 is 0 Å². The number of rotatable bonds is 2. The second kappa shape index (κ2) is 5.61. The Hall–Kier alpha value is -1.55. The summed E-state index contributed by atoms with van der Waals surface area (Å²) in [5.74, 6) is 0. The van der Waals surface area contributed by atoms with E-state index in [9.17, 15) is 4.79 Å². The maximum Gasteiger partial charge on any atom is 0.407 e. The summed E-state index contributed by atoms with van der Waals surface area (Å²) < 4.78 is 5.21. The summed E-state index contributed by atoms with van der Waals surface area (Å²) in [6.07, 6.45) is 0.707. The van der Waals surface area contributed by atoms with Crippen LogP contribution in [0.3, 0.4) is 0 Å². The molecule has 2 N–H and O–H groups in total. The van der Waals surface area contributed by atoms with Gasteiger partial charge in [-0.1, -0.05) is 18.2 Å². The monoisotopic (exact) mass is 262 g/mol. The van der Waals surface area contributed by atoms with Crippen molar-refractivity contribution in [3.8, 4) is 0 Å². The van der Waals surface area contributed by atoms with E-state index in [1.165, 1.54) is 11.1 Å². The summed E-state index contributed by atoms with van der Waals surface area (Å²) in [6.45, 7) is 8.03. The molecule has 1 amide bonds. The number of nitrogens with one attached hydrogen (secondary N) is 2. The minimum absolute atomic E-state index is 0.372. The Balaban J connectivity index is 1.91. The Morgan fingerprint density at radius 3 is 2.89 bits per heavy atom. The molecule has 0 aromatic heterocycles. The highest BCUT2D eigenvalue weighted by Gasteiger charge is 2.16. The molecule has 0 saturated heterocycles. The Bertz CT molecular complexity index is 464. The van der Waals surface area contributed by atoms with Crippen LogP contribution in [0.4, 0.5) is 4.79 Å². The van der Waals surface area contributed by atoms with Gasteiger partial charge in [-0.3, -0.25) is 0 Å². The van der Waals surface area contributed by atoms with Gasteiger partial charge in [-0.15, -0.1) is 0 Å². The number of carbonyl (C=O) groups is 1. The molecule has 104 valence electrons. The fourth-order valence-electron chi connectivity index (χ4n) is 2.13. The second-order valence-corrected chi connectivity index (χ2v) is 5.89. The summed E-state index contributed by atoms with van der Waals surface area (Å²) in [5.41, 5.74) is 3.38. The molecule has 0 aliphatic carbocycles. The zero-order chi connectivity index (χ0) is 13.9. The van der Waals surface area contributed by atoms with Gasteiger partial charge in [0, 0.05) is 13.1 Å². The Morgan fingerprint density at radius 2 is 2.16 bits per heavy atom. The SMILES string of the molecule is CC(C)(C)OC(=O)NCc1ccc2c(c1)CNCC2. The van der Waals surface area contributed by atoms with Gasteiger partial charge in [0.1, 0.15) is 5.60 Å². The molecule has 0 spiro atoms. The van der Waals surface area contributed by atoms with Gasteiger partial charge in [0.25, 0.3) is 0 Å². The summed E-state index contributed by atoms with van der Waals surface area (Å²) in [4.78, 5) is 11.6. The molecule has 2 rings (SSSR count). The minimum Gasteiger partial charge on any atom is -0.444 e. The van der Waals surface area contributed by atoms with Gasteiger partial charge in [-0.25, -0.2) is 4.79 Å². The highest BCUT2D eigenvalue weighted by atomic mass is 16.6. The van der Waals surface area contributed by atoms with E-state index in [-0.39, 0.29) is 6.09 Å². The maximum absolute atomic E-state index is 11.6. The molecule has 19 heavy (non-hydrogen) atoms. The van der Waals surface area contributed by atoms with Crippen molar-refractivity contribution in [2.45, 2.75) is 45.9 Å². The van der Waals surface area contributed by atoms with Crippen molar-refractivity contribution in [1.29, 1.82) is 0 Å². The third-order valence-corrected chi connectivity index (χ3v) is 2.99. The van der Waals surface area contributed by atoms with Crippen molar-refractivity contribution in [1.82, 2.24) is 10.6 Å². The zero-order valence-electron chi connectivity index (χ0n) is 11.9. The maximum atomic E-state index is 11.6. The molecule has 4 heteroatoms. The lowest BCUT2D eigenvalue weighted by Gasteiger charge is -2.20. The topological polar surface area (TPSA) is 50.4 Å². The Morgan fingerprint density at radius 1 is 1.37 bits per heavy atom. The average Bonchev–Trinajstić information content (AvgIpc) is 2.34. The van der Waals surface area contributed by atoms with Gasteiger partial charge in [-0.2, -0.15) is 0 Å². The molecule has 0 bridgehead atoms. The van der Waals surface area contributed by atoms with Crippen molar-refractivity contribution in [2.75, 3.05) is 6.54 Å². The summed E-state index contributed by atoms with van der Waals surface area (Å²) in [5, 5.41) is 6.13. The molecule has 1 aliphatic rings. The Labute approximate surface area is 114 Å². The fraction of sp³-hybridized carbons (Fsp3) is 0.533. The van der Waals surface area contributed by atoms with Crippen LogP contribution >= 0.6 is 0 Å². The minimum atomic E-state index is -0.455. The Kier molecular flexibility index (Phi) is 4.10. The zero-order valence-corrected chi connectivity index (χ0v) is 11.9. The fourth-order valence-corrected chi connectivity index (χ4v) is 2.13. The molecule has 0 atom stereocenters. The molecule has 1 aromatic carbocycles. The van der Waals surface area contributed by atoms with Crippen molar-refractivity contribution in [3.63, 3.8) is 0 Å². The first-order valence-electron chi connectivity index (χ1n) is 6.72. The highest BCUT2D eigenvalue weighted by molar-refractivity contribution is 5.67. The standard InChI is InChI=1S/C15H22N2O2/c1-15(2,3)19-14(18)17-9-11-4-5-12-6-7-16-10-13(12)8-11/h4-5,8,16H,6-7,9-10H2,1-3H3,(H,17,18). The van der Waals surface area contributed by atoms with Crippen molar-refractivity contribution < 1.29 is 9.53 Å². The number of hydrogen-bond acceptors (Lipinski definition) is 3. The predicted molar refractivity (Wildman–Crippen MR) is 74.9 cm³/mol. The molecule has 1 aliphatic heterocycles. The number of carbonyl (C=O) groups excluding carboxylic acids is 1. The molecule has 4 nitrogen and oxygen atoms in total. The molecule has 1 heterocycles. The van der Waals surface area contributed by atoms with Crippen molar-refractivity contribution in [3.05, 3.63) is 34.9 Å². The first-order chi connectivity index (χ1) is 8.94. The number of fused-ring (bicyclic) bond motifs is 1. The molecule has 0 radical (unpaired) electrons. The van der Waals surface area contributed by atoms with E-state index in [1.807, 2.05) is 20.8 Å². The van der Waals surface area contributed by atoms with Crippen LogP contribution in [0.5, 0.6) is 0 Å². The lowest BCUT2D eigenvalue weighted by molar-refractivity contribution is 0.0523. The van der Waals surface area contributed by atoms with E-state index in [0.717, 1.165) is 25.1 Å². The number of ether oxygens (including phenoxy) is 1. The van der Waals surface area contributed by atoms with Gasteiger partial charge >= 0.3 is 6.09 Å². The van der Waals surface area contributed by atoms with E-state index < -0.39 is 5.60 Å². The van der Waals surface area contributed by atoms with Crippen LogP contribution in [0.25, 0.3) is 0 Å². The lowest BCUT2D eigenvalue weighted by Crippen LogP contribution is -2.32. The van der Waals surface area contributed by atoms with Crippen molar-refractivity contribution >= 4 is 6.09 Å². The van der Waals surface area contributed by atoms with Crippen LogP contribution < -0.4 is 10.6 Å². The van der Waals surface area contributed by atoms with E-state index in [0.29, 0.717) is 6.54 Å². The first kappa shape index (κ1) is 13.9. The molecule has 1 aromatic rings. The van der Waals surface area contributed by atoms with Crippen LogP contribution in [0.2, 0.25) is 0 Å². The van der Waals surface area contributed by atoms with Gasteiger partial charge in [0.2, 0.25) is 0 Å². The summed E-state index contributed by atoms with van der Waals surface area (Å²) in [7, 11) is 0. The first-order valence-corrected chi connectivity index (χ1v) is 6.72. The summed E-state index contributed by atoms with van der Waals surface area (Å²) >= 11 is 0. The van der Waals surface area contributed by atoms with E-state index in [4.69, 9.17) is 4.74 Å². The molecule has 0 fully saturated rings. The van der Waals surface area contributed by atoms with Crippen LogP contribution in [0.15, 0.2) is 18.2 Å². The number of hydrogen-bond donors (Lipinski definition) is 2. The smallest absolute Gasteiger partial charge is 0.407 e. The highest BCUT2D eigenvalue weighted by Crippen LogP contribution is 2.16. The van der Waals surface area contributed by atoms with Crippen LogP contribution in [0, 0.1) is 0 Å². The number of benzene rings is 1.